The number of benzene rings is 1. The Kier molecular flexibility index (Phi) is 7.54. The van der Waals surface area contributed by atoms with Crippen LogP contribution in [0.25, 0.3) is 0 Å². The Morgan fingerprint density at radius 1 is 1.18 bits per heavy atom. The maximum absolute atomic E-state index is 12.4. The summed E-state index contributed by atoms with van der Waals surface area (Å²) in [6.07, 6.45) is 1.85. The summed E-state index contributed by atoms with van der Waals surface area (Å²) < 4.78 is 5.12. The van der Waals surface area contributed by atoms with Gasteiger partial charge in [0.05, 0.1) is 18.7 Å². The van der Waals surface area contributed by atoms with E-state index in [1.54, 1.807) is 24.3 Å². The van der Waals surface area contributed by atoms with E-state index in [9.17, 15) is 19.2 Å². The summed E-state index contributed by atoms with van der Waals surface area (Å²) in [5, 5.41) is 5.24. The molecule has 1 atom stereocenters. The molecule has 1 saturated heterocycles. The molecule has 0 bridgehead atoms. The molecule has 1 aromatic carbocycles. The molecule has 1 fully saturated rings. The molecule has 8 nitrogen and oxygen atoms in total. The average Bonchev–Trinajstić information content (AvgIpc) is 2.97. The molecule has 8 heteroatoms. The van der Waals surface area contributed by atoms with Gasteiger partial charge in [-0.15, -0.1) is 0 Å². The summed E-state index contributed by atoms with van der Waals surface area (Å²) >= 11 is 0. The fraction of sp³-hybridized carbons (Fsp3) is 0.500. The van der Waals surface area contributed by atoms with Crippen LogP contribution in [0.3, 0.4) is 0 Å². The number of nitrogens with zero attached hydrogens (tertiary/aromatic N) is 1. The zero-order valence-electron chi connectivity index (χ0n) is 16.5. The second-order valence-electron chi connectivity index (χ2n) is 7.31. The number of amides is 4. The molecule has 152 valence electrons. The number of hydrogen-bond acceptors (Lipinski definition) is 5. The summed E-state index contributed by atoms with van der Waals surface area (Å²) in [4.78, 5) is 48.9. The Hall–Kier alpha value is -2.90. The quantitative estimate of drug-likeness (QED) is 0.495. The number of imide groups is 1. The van der Waals surface area contributed by atoms with Crippen molar-refractivity contribution in [3.63, 3.8) is 0 Å². The van der Waals surface area contributed by atoms with Crippen LogP contribution in [0.1, 0.15) is 49.5 Å². The second-order valence-corrected chi connectivity index (χ2v) is 7.31. The van der Waals surface area contributed by atoms with E-state index in [1.165, 1.54) is 0 Å². The summed E-state index contributed by atoms with van der Waals surface area (Å²) in [5.41, 5.74) is 0.694. The minimum atomic E-state index is -0.673. The van der Waals surface area contributed by atoms with Crippen LogP contribution in [0.4, 0.5) is 4.79 Å². The third-order valence-electron chi connectivity index (χ3n) is 4.42. The van der Waals surface area contributed by atoms with Gasteiger partial charge in [0.15, 0.2) is 6.61 Å². The van der Waals surface area contributed by atoms with Gasteiger partial charge in [-0.2, -0.15) is 0 Å². The Morgan fingerprint density at radius 2 is 1.89 bits per heavy atom. The van der Waals surface area contributed by atoms with Gasteiger partial charge in [0.2, 0.25) is 5.91 Å². The van der Waals surface area contributed by atoms with E-state index in [-0.39, 0.29) is 43.1 Å². The minimum Gasteiger partial charge on any atom is -0.452 e. The van der Waals surface area contributed by atoms with Gasteiger partial charge in [-0.3, -0.25) is 14.5 Å². The van der Waals surface area contributed by atoms with E-state index in [1.807, 2.05) is 6.92 Å². The van der Waals surface area contributed by atoms with Crippen LogP contribution >= 0.6 is 0 Å². The normalized spacial score (nSPS) is 14.8. The van der Waals surface area contributed by atoms with E-state index in [0.29, 0.717) is 11.5 Å². The smallest absolute Gasteiger partial charge is 0.338 e. The lowest BCUT2D eigenvalue weighted by Crippen LogP contribution is -2.36. The largest absolute Gasteiger partial charge is 0.452 e. The Morgan fingerprint density at radius 3 is 2.54 bits per heavy atom. The van der Waals surface area contributed by atoms with Crippen LogP contribution in [0, 0.1) is 5.92 Å². The summed E-state index contributed by atoms with van der Waals surface area (Å²) in [7, 11) is 0. The van der Waals surface area contributed by atoms with Crippen molar-refractivity contribution in [2.45, 2.75) is 46.2 Å². The van der Waals surface area contributed by atoms with Crippen LogP contribution in [-0.4, -0.2) is 47.9 Å². The highest BCUT2D eigenvalue weighted by Gasteiger charge is 2.29. The van der Waals surface area contributed by atoms with Gasteiger partial charge >= 0.3 is 12.0 Å². The van der Waals surface area contributed by atoms with Crippen LogP contribution in [0.2, 0.25) is 0 Å². The van der Waals surface area contributed by atoms with Crippen LogP contribution in [-0.2, 0) is 20.9 Å². The molecule has 0 radical (unpaired) electrons. The highest BCUT2D eigenvalue weighted by atomic mass is 16.5. The van der Waals surface area contributed by atoms with E-state index < -0.39 is 12.0 Å². The molecule has 0 aliphatic carbocycles. The van der Waals surface area contributed by atoms with Gasteiger partial charge in [-0.25, -0.2) is 9.59 Å². The van der Waals surface area contributed by atoms with E-state index in [4.69, 9.17) is 4.74 Å². The van der Waals surface area contributed by atoms with Crippen molar-refractivity contribution in [3.8, 4) is 0 Å². The Labute approximate surface area is 164 Å². The standard InChI is InChI=1S/C20H27N3O5/c1-13(2)8-9-14(3)22-17(24)12-28-19(26)16-7-5-4-6-15(16)11-23-18(25)10-21-20(23)27/h4-7,13-14H,8-12H2,1-3H3,(H,21,27)(H,22,24). The molecule has 1 aliphatic rings. The predicted octanol–water partition coefficient (Wildman–Crippen LogP) is 1.84. The number of esters is 1. The van der Waals surface area contributed by atoms with Crippen molar-refractivity contribution in [3.05, 3.63) is 35.4 Å². The van der Waals surface area contributed by atoms with Crippen molar-refractivity contribution in [1.82, 2.24) is 15.5 Å². The third-order valence-corrected chi connectivity index (χ3v) is 4.42. The number of nitrogens with one attached hydrogen (secondary N) is 2. The molecule has 4 amide bonds. The van der Waals surface area contributed by atoms with Crippen LogP contribution in [0.5, 0.6) is 0 Å². The first kappa shape index (κ1) is 21.4. The molecule has 2 rings (SSSR count). The number of hydrogen-bond donors (Lipinski definition) is 2. The van der Waals surface area contributed by atoms with E-state index in [2.05, 4.69) is 24.5 Å². The van der Waals surface area contributed by atoms with Crippen molar-refractivity contribution in [1.29, 1.82) is 0 Å². The zero-order chi connectivity index (χ0) is 20.7. The number of ether oxygens (including phenoxy) is 1. The van der Waals surface area contributed by atoms with Crippen LogP contribution in [0.15, 0.2) is 24.3 Å². The monoisotopic (exact) mass is 389 g/mol. The molecule has 0 spiro atoms. The maximum atomic E-state index is 12.4. The van der Waals surface area contributed by atoms with E-state index in [0.717, 1.165) is 17.7 Å². The van der Waals surface area contributed by atoms with Gasteiger partial charge in [-0.1, -0.05) is 32.0 Å². The topological polar surface area (TPSA) is 105 Å². The molecule has 1 unspecified atom stereocenters. The lowest BCUT2D eigenvalue weighted by Gasteiger charge is -2.16. The fourth-order valence-corrected chi connectivity index (χ4v) is 2.82. The predicted molar refractivity (Wildman–Crippen MR) is 102 cm³/mol. The molecule has 2 N–H and O–H groups in total. The molecule has 1 aromatic rings. The van der Waals surface area contributed by atoms with Crippen molar-refractivity contribution >= 4 is 23.8 Å². The first-order chi connectivity index (χ1) is 13.3. The van der Waals surface area contributed by atoms with Gasteiger partial charge in [-0.05, 0) is 37.3 Å². The van der Waals surface area contributed by atoms with E-state index >= 15 is 0 Å². The average molecular weight is 389 g/mol. The highest BCUT2D eigenvalue weighted by Crippen LogP contribution is 2.15. The molecule has 0 aromatic heterocycles. The second kappa shape index (κ2) is 9.87. The molecule has 0 saturated carbocycles. The first-order valence-electron chi connectivity index (χ1n) is 9.40. The molecule has 1 aliphatic heterocycles. The number of carbonyl (C=O) groups is 4. The minimum absolute atomic E-state index is 0.000537. The zero-order valence-corrected chi connectivity index (χ0v) is 16.5. The molecular formula is C20H27N3O5. The summed E-state index contributed by atoms with van der Waals surface area (Å²) in [6, 6.07) is 6.04. The molecular weight excluding hydrogens is 362 g/mol. The third kappa shape index (κ3) is 6.07. The maximum Gasteiger partial charge on any atom is 0.338 e. The lowest BCUT2D eigenvalue weighted by atomic mass is 10.0. The van der Waals surface area contributed by atoms with Gasteiger partial charge < -0.3 is 15.4 Å². The van der Waals surface area contributed by atoms with Gasteiger partial charge in [0.25, 0.3) is 5.91 Å². The number of urea groups is 1. The number of carbonyl (C=O) groups excluding carboxylic acids is 4. The number of rotatable bonds is 9. The molecule has 28 heavy (non-hydrogen) atoms. The first-order valence-corrected chi connectivity index (χ1v) is 9.40. The highest BCUT2D eigenvalue weighted by molar-refractivity contribution is 6.02. The van der Waals surface area contributed by atoms with Crippen molar-refractivity contribution in [2.24, 2.45) is 5.92 Å². The molecule has 1 heterocycles. The van der Waals surface area contributed by atoms with Crippen LogP contribution < -0.4 is 10.6 Å². The summed E-state index contributed by atoms with van der Waals surface area (Å²) in [5.74, 6) is -0.843. The van der Waals surface area contributed by atoms with Crippen molar-refractivity contribution in [2.75, 3.05) is 13.2 Å². The Bertz CT molecular complexity index is 731. The van der Waals surface area contributed by atoms with Gasteiger partial charge in [0.1, 0.15) is 0 Å². The Balaban J connectivity index is 1.91. The fourth-order valence-electron chi connectivity index (χ4n) is 2.82. The summed E-state index contributed by atoms with van der Waals surface area (Å²) in [6.45, 7) is 5.67. The lowest BCUT2D eigenvalue weighted by molar-refractivity contribution is -0.125. The van der Waals surface area contributed by atoms with Crippen molar-refractivity contribution < 1.29 is 23.9 Å². The van der Waals surface area contributed by atoms with Gasteiger partial charge in [0, 0.05) is 6.04 Å². The SMILES string of the molecule is CC(C)CCC(C)NC(=O)COC(=O)c1ccccc1CN1C(=O)CNC1=O.